The zero-order chi connectivity index (χ0) is 12.5. The van der Waals surface area contributed by atoms with Crippen molar-refractivity contribution in [1.29, 1.82) is 0 Å². The fourth-order valence-electron chi connectivity index (χ4n) is 3.07. The molecule has 0 aliphatic heterocycles. The first-order valence-corrected chi connectivity index (χ1v) is 7.08. The molecule has 2 aliphatic rings. The highest BCUT2D eigenvalue weighted by Crippen LogP contribution is 2.48. The molecule has 0 bridgehead atoms. The molecule has 1 atom stereocenters. The molecule has 0 saturated heterocycles. The molecule has 0 aromatic carbocycles. The summed E-state index contributed by atoms with van der Waals surface area (Å²) in [4.78, 5) is 0. The van der Waals surface area contributed by atoms with Crippen molar-refractivity contribution in [3.63, 3.8) is 0 Å². The molecule has 2 rings (SSSR count). The van der Waals surface area contributed by atoms with Crippen molar-refractivity contribution in [2.45, 2.75) is 64.3 Å². The molecular formula is C14H25F2N. The summed E-state index contributed by atoms with van der Waals surface area (Å²) < 4.78 is 25.4. The Kier molecular flexibility index (Phi) is 4.06. The zero-order valence-electron chi connectivity index (χ0n) is 11.0. The Labute approximate surface area is 103 Å². The van der Waals surface area contributed by atoms with E-state index in [9.17, 15) is 8.78 Å². The zero-order valence-corrected chi connectivity index (χ0v) is 11.0. The highest BCUT2D eigenvalue weighted by Gasteiger charge is 2.56. The molecule has 0 aromatic rings. The number of hydrogen-bond acceptors (Lipinski definition) is 1. The van der Waals surface area contributed by atoms with Gasteiger partial charge in [-0.05, 0) is 43.9 Å². The number of hydrogen-bond donors (Lipinski definition) is 1. The van der Waals surface area contributed by atoms with Gasteiger partial charge in [-0.25, -0.2) is 8.78 Å². The quantitative estimate of drug-likeness (QED) is 0.776. The molecule has 2 saturated carbocycles. The minimum absolute atomic E-state index is 0.0999. The first-order valence-electron chi connectivity index (χ1n) is 7.08. The molecule has 100 valence electrons. The van der Waals surface area contributed by atoms with Crippen molar-refractivity contribution >= 4 is 0 Å². The third-order valence-corrected chi connectivity index (χ3v) is 4.26. The number of rotatable bonds is 5. The summed E-state index contributed by atoms with van der Waals surface area (Å²) in [6, 6.07) is 0.495. The number of alkyl halides is 2. The Balaban J connectivity index is 1.59. The number of halogens is 2. The van der Waals surface area contributed by atoms with Crippen molar-refractivity contribution in [2.24, 2.45) is 17.8 Å². The van der Waals surface area contributed by atoms with Gasteiger partial charge in [-0.2, -0.15) is 0 Å². The van der Waals surface area contributed by atoms with Gasteiger partial charge in [-0.15, -0.1) is 0 Å². The molecule has 0 radical (unpaired) electrons. The predicted molar refractivity (Wildman–Crippen MR) is 66.3 cm³/mol. The van der Waals surface area contributed by atoms with E-state index in [1.54, 1.807) is 0 Å². The van der Waals surface area contributed by atoms with Crippen LogP contribution in [0.1, 0.15) is 52.4 Å². The SMILES string of the molecule is CC(C)CC1CCC(NCC2CC2(F)F)CC1. The van der Waals surface area contributed by atoms with E-state index in [-0.39, 0.29) is 12.3 Å². The summed E-state index contributed by atoms with van der Waals surface area (Å²) in [5, 5.41) is 3.33. The Morgan fingerprint density at radius 3 is 2.24 bits per heavy atom. The van der Waals surface area contributed by atoms with Gasteiger partial charge in [0.05, 0.1) is 0 Å². The summed E-state index contributed by atoms with van der Waals surface area (Å²) in [5.41, 5.74) is 0. The van der Waals surface area contributed by atoms with Crippen LogP contribution in [0.15, 0.2) is 0 Å². The molecule has 0 aromatic heterocycles. The standard InChI is InChI=1S/C14H25F2N/c1-10(2)7-11-3-5-13(6-4-11)17-9-12-8-14(12,15)16/h10-13,17H,3-9H2,1-2H3. The lowest BCUT2D eigenvalue weighted by molar-refractivity contribution is 0.0972. The van der Waals surface area contributed by atoms with E-state index in [0.717, 1.165) is 11.8 Å². The van der Waals surface area contributed by atoms with Crippen molar-refractivity contribution in [3.8, 4) is 0 Å². The maximum absolute atomic E-state index is 12.7. The topological polar surface area (TPSA) is 12.0 Å². The Hall–Kier alpha value is -0.180. The van der Waals surface area contributed by atoms with Crippen LogP contribution in [-0.4, -0.2) is 18.5 Å². The molecule has 1 N–H and O–H groups in total. The van der Waals surface area contributed by atoms with Crippen LogP contribution >= 0.6 is 0 Å². The van der Waals surface area contributed by atoms with Gasteiger partial charge in [0, 0.05) is 24.9 Å². The van der Waals surface area contributed by atoms with Crippen LogP contribution in [-0.2, 0) is 0 Å². The Bertz CT molecular complexity index is 245. The van der Waals surface area contributed by atoms with Crippen LogP contribution in [0.3, 0.4) is 0 Å². The van der Waals surface area contributed by atoms with Gasteiger partial charge in [0.15, 0.2) is 0 Å². The van der Waals surface area contributed by atoms with E-state index in [0.29, 0.717) is 12.6 Å². The monoisotopic (exact) mass is 245 g/mol. The van der Waals surface area contributed by atoms with Gasteiger partial charge in [0.2, 0.25) is 0 Å². The summed E-state index contributed by atoms with van der Waals surface area (Å²) >= 11 is 0. The predicted octanol–water partition coefficient (Wildman–Crippen LogP) is 3.84. The lowest BCUT2D eigenvalue weighted by Gasteiger charge is -2.30. The smallest absolute Gasteiger partial charge is 0.252 e. The van der Waals surface area contributed by atoms with Gasteiger partial charge in [0.1, 0.15) is 0 Å². The largest absolute Gasteiger partial charge is 0.313 e. The Morgan fingerprint density at radius 2 is 1.76 bits per heavy atom. The van der Waals surface area contributed by atoms with Crippen molar-refractivity contribution in [2.75, 3.05) is 6.54 Å². The second-order valence-electron chi connectivity index (χ2n) is 6.42. The molecule has 3 heteroatoms. The minimum Gasteiger partial charge on any atom is -0.313 e. The van der Waals surface area contributed by atoms with E-state index >= 15 is 0 Å². The molecule has 0 heterocycles. The van der Waals surface area contributed by atoms with E-state index in [1.807, 2.05) is 0 Å². The summed E-state index contributed by atoms with van der Waals surface area (Å²) in [7, 11) is 0. The number of nitrogens with one attached hydrogen (secondary N) is 1. The van der Waals surface area contributed by atoms with Gasteiger partial charge in [0.25, 0.3) is 5.92 Å². The fraction of sp³-hybridized carbons (Fsp3) is 1.00. The first kappa shape index (κ1) is 13.3. The maximum Gasteiger partial charge on any atom is 0.252 e. The van der Waals surface area contributed by atoms with E-state index in [1.165, 1.54) is 32.1 Å². The highest BCUT2D eigenvalue weighted by atomic mass is 19.3. The van der Waals surface area contributed by atoms with Gasteiger partial charge in [-0.1, -0.05) is 13.8 Å². The summed E-state index contributed by atoms with van der Waals surface area (Å²) in [5.74, 6) is -1.08. The first-order chi connectivity index (χ1) is 7.97. The molecule has 1 unspecified atom stereocenters. The third-order valence-electron chi connectivity index (χ3n) is 4.26. The van der Waals surface area contributed by atoms with Gasteiger partial charge < -0.3 is 5.32 Å². The lowest BCUT2D eigenvalue weighted by Crippen LogP contribution is -2.35. The second kappa shape index (κ2) is 5.21. The fourth-order valence-corrected chi connectivity index (χ4v) is 3.07. The summed E-state index contributed by atoms with van der Waals surface area (Å²) in [6.07, 6.45) is 6.33. The Morgan fingerprint density at radius 1 is 1.18 bits per heavy atom. The van der Waals surface area contributed by atoms with Crippen molar-refractivity contribution < 1.29 is 8.78 Å². The second-order valence-corrected chi connectivity index (χ2v) is 6.42. The molecule has 2 aliphatic carbocycles. The molecule has 0 amide bonds. The normalized spacial score (nSPS) is 36.2. The van der Waals surface area contributed by atoms with Crippen molar-refractivity contribution in [1.82, 2.24) is 5.32 Å². The third kappa shape index (κ3) is 3.90. The summed E-state index contributed by atoms with van der Waals surface area (Å²) in [6.45, 7) is 5.07. The van der Waals surface area contributed by atoms with Crippen LogP contribution in [0.25, 0.3) is 0 Å². The molecule has 17 heavy (non-hydrogen) atoms. The van der Waals surface area contributed by atoms with E-state index < -0.39 is 5.92 Å². The average molecular weight is 245 g/mol. The van der Waals surface area contributed by atoms with E-state index in [4.69, 9.17) is 0 Å². The van der Waals surface area contributed by atoms with Gasteiger partial charge in [-0.3, -0.25) is 0 Å². The van der Waals surface area contributed by atoms with Crippen LogP contribution in [0, 0.1) is 17.8 Å². The van der Waals surface area contributed by atoms with Crippen LogP contribution in [0.4, 0.5) is 8.78 Å². The van der Waals surface area contributed by atoms with Crippen LogP contribution < -0.4 is 5.32 Å². The maximum atomic E-state index is 12.7. The lowest BCUT2D eigenvalue weighted by atomic mass is 9.81. The molecular weight excluding hydrogens is 220 g/mol. The van der Waals surface area contributed by atoms with E-state index in [2.05, 4.69) is 19.2 Å². The van der Waals surface area contributed by atoms with Gasteiger partial charge >= 0.3 is 0 Å². The van der Waals surface area contributed by atoms with Crippen LogP contribution in [0.2, 0.25) is 0 Å². The van der Waals surface area contributed by atoms with Crippen LogP contribution in [0.5, 0.6) is 0 Å². The highest BCUT2D eigenvalue weighted by molar-refractivity contribution is 4.96. The average Bonchev–Trinajstić information content (AvgIpc) is 2.85. The van der Waals surface area contributed by atoms with Crippen molar-refractivity contribution in [3.05, 3.63) is 0 Å². The molecule has 1 nitrogen and oxygen atoms in total. The molecule has 2 fully saturated rings. The minimum atomic E-state index is -2.36. The molecule has 0 spiro atoms.